The minimum absolute atomic E-state index is 0.160. The molecule has 2 aromatic heterocycles. The molecule has 0 atom stereocenters. The fraction of sp³-hybridized carbons (Fsp3) is 0.308. The van der Waals surface area contributed by atoms with Crippen LogP contribution in [-0.4, -0.2) is 19.6 Å². The van der Waals surface area contributed by atoms with Gasteiger partial charge in [-0.2, -0.15) is 14.6 Å². The zero-order chi connectivity index (χ0) is 14.4. The van der Waals surface area contributed by atoms with E-state index in [0.717, 1.165) is 9.99 Å². The highest BCUT2D eigenvalue weighted by Crippen LogP contribution is 2.16. The Kier molecular flexibility index (Phi) is 5.69. The van der Waals surface area contributed by atoms with Crippen molar-refractivity contribution in [3.8, 4) is 0 Å². The van der Waals surface area contributed by atoms with Crippen LogP contribution in [0.15, 0.2) is 33.8 Å². The molecule has 19 heavy (non-hydrogen) atoms. The van der Waals surface area contributed by atoms with Crippen LogP contribution in [0.1, 0.15) is 27.7 Å². The SMILES string of the molecule is CC.CC.O=c1[nH]c2ncnn2c2ccc(Br)cc12. The van der Waals surface area contributed by atoms with Crippen molar-refractivity contribution in [2.75, 3.05) is 0 Å². The third kappa shape index (κ3) is 3.01. The van der Waals surface area contributed by atoms with E-state index in [1.54, 1.807) is 10.6 Å². The second-order valence-electron chi connectivity index (χ2n) is 3.11. The summed E-state index contributed by atoms with van der Waals surface area (Å²) in [5, 5.41) is 4.62. The van der Waals surface area contributed by atoms with Crippen LogP contribution in [-0.2, 0) is 0 Å². The van der Waals surface area contributed by atoms with Crippen molar-refractivity contribution in [1.29, 1.82) is 0 Å². The van der Waals surface area contributed by atoms with Crippen LogP contribution in [0, 0.1) is 0 Å². The maximum Gasteiger partial charge on any atom is 0.260 e. The second kappa shape index (κ2) is 7.04. The van der Waals surface area contributed by atoms with Crippen LogP contribution in [0.5, 0.6) is 0 Å². The predicted molar refractivity (Wildman–Crippen MR) is 81.5 cm³/mol. The first kappa shape index (κ1) is 15.4. The van der Waals surface area contributed by atoms with Crippen molar-refractivity contribution in [3.05, 3.63) is 39.4 Å². The van der Waals surface area contributed by atoms with E-state index in [2.05, 4.69) is 31.0 Å². The van der Waals surface area contributed by atoms with E-state index < -0.39 is 0 Å². The third-order valence-electron chi connectivity index (χ3n) is 2.20. The van der Waals surface area contributed by atoms with E-state index >= 15 is 0 Å². The van der Waals surface area contributed by atoms with Crippen molar-refractivity contribution >= 4 is 32.6 Å². The number of nitrogens with zero attached hydrogens (tertiary/aromatic N) is 3. The van der Waals surface area contributed by atoms with Gasteiger partial charge in [0.25, 0.3) is 5.56 Å². The number of benzene rings is 1. The van der Waals surface area contributed by atoms with E-state index in [9.17, 15) is 4.79 Å². The van der Waals surface area contributed by atoms with Crippen molar-refractivity contribution in [1.82, 2.24) is 19.6 Å². The Morgan fingerprint density at radius 2 is 1.89 bits per heavy atom. The van der Waals surface area contributed by atoms with Crippen molar-refractivity contribution in [2.45, 2.75) is 27.7 Å². The topological polar surface area (TPSA) is 63.0 Å². The molecule has 0 saturated heterocycles. The Bertz CT molecular complexity index is 717. The Balaban J connectivity index is 0.000000415. The third-order valence-corrected chi connectivity index (χ3v) is 2.70. The number of hydrogen-bond acceptors (Lipinski definition) is 3. The molecular formula is C13H17BrN4O. The highest BCUT2D eigenvalue weighted by Gasteiger charge is 2.05. The number of aromatic amines is 1. The standard InChI is InChI=1S/C9H5BrN4O.2C2H6/c10-5-1-2-7-6(3-5)8(15)13-9-11-4-12-14(7)9;2*1-2/h1-4H,(H,11,12,13,15);2*1-2H3. The van der Waals surface area contributed by atoms with Crippen LogP contribution in [0.25, 0.3) is 16.7 Å². The number of H-pyrrole nitrogens is 1. The summed E-state index contributed by atoms with van der Waals surface area (Å²) in [7, 11) is 0. The molecule has 1 N–H and O–H groups in total. The van der Waals surface area contributed by atoms with Gasteiger partial charge in [-0.15, -0.1) is 0 Å². The highest BCUT2D eigenvalue weighted by atomic mass is 79.9. The average Bonchev–Trinajstić information content (AvgIpc) is 2.92. The van der Waals surface area contributed by atoms with E-state index in [4.69, 9.17) is 0 Å². The maximum absolute atomic E-state index is 11.7. The van der Waals surface area contributed by atoms with Crippen molar-refractivity contribution in [3.63, 3.8) is 0 Å². The molecule has 0 aliphatic carbocycles. The second-order valence-corrected chi connectivity index (χ2v) is 4.03. The molecule has 3 rings (SSSR count). The molecule has 0 aliphatic rings. The Morgan fingerprint density at radius 3 is 2.58 bits per heavy atom. The van der Waals surface area contributed by atoms with Gasteiger partial charge in [0, 0.05) is 4.47 Å². The summed E-state index contributed by atoms with van der Waals surface area (Å²) >= 11 is 3.32. The summed E-state index contributed by atoms with van der Waals surface area (Å²) in [6.45, 7) is 8.00. The zero-order valence-corrected chi connectivity index (χ0v) is 13.0. The zero-order valence-electron chi connectivity index (χ0n) is 11.4. The maximum atomic E-state index is 11.7. The Labute approximate surface area is 119 Å². The van der Waals surface area contributed by atoms with Crippen LogP contribution in [0.2, 0.25) is 0 Å². The molecule has 0 spiro atoms. The first-order valence-electron chi connectivity index (χ1n) is 6.27. The normalized spacial score (nSPS) is 9.53. The van der Waals surface area contributed by atoms with Crippen molar-refractivity contribution in [2.24, 2.45) is 0 Å². The lowest BCUT2D eigenvalue weighted by molar-refractivity contribution is 0.976. The lowest BCUT2D eigenvalue weighted by atomic mass is 10.2. The van der Waals surface area contributed by atoms with E-state index in [-0.39, 0.29) is 5.56 Å². The van der Waals surface area contributed by atoms with Gasteiger partial charge in [0.2, 0.25) is 5.78 Å². The van der Waals surface area contributed by atoms with Gasteiger partial charge in [0.05, 0.1) is 10.9 Å². The quantitative estimate of drug-likeness (QED) is 0.689. The first-order valence-corrected chi connectivity index (χ1v) is 7.06. The molecule has 3 aromatic rings. The molecule has 1 aromatic carbocycles. The molecule has 0 radical (unpaired) electrons. The van der Waals surface area contributed by atoms with Crippen LogP contribution >= 0.6 is 15.9 Å². The molecule has 5 nitrogen and oxygen atoms in total. The first-order chi connectivity index (χ1) is 9.25. The molecule has 0 unspecified atom stereocenters. The molecule has 0 saturated carbocycles. The van der Waals surface area contributed by atoms with E-state index in [0.29, 0.717) is 11.2 Å². The fourth-order valence-electron chi connectivity index (χ4n) is 1.55. The molecule has 0 amide bonds. The van der Waals surface area contributed by atoms with Gasteiger partial charge in [-0.25, -0.2) is 0 Å². The average molecular weight is 325 g/mol. The highest BCUT2D eigenvalue weighted by molar-refractivity contribution is 9.10. The summed E-state index contributed by atoms with van der Waals surface area (Å²) in [5.41, 5.74) is 0.584. The van der Waals surface area contributed by atoms with Gasteiger partial charge in [-0.05, 0) is 18.2 Å². The summed E-state index contributed by atoms with van der Waals surface area (Å²) in [4.78, 5) is 18.3. The van der Waals surface area contributed by atoms with Gasteiger partial charge >= 0.3 is 0 Å². The van der Waals surface area contributed by atoms with Gasteiger partial charge in [-0.3, -0.25) is 9.78 Å². The molecule has 6 heteroatoms. The van der Waals surface area contributed by atoms with Crippen LogP contribution < -0.4 is 5.56 Å². The smallest absolute Gasteiger partial charge is 0.260 e. The minimum atomic E-state index is -0.160. The van der Waals surface area contributed by atoms with Gasteiger partial charge in [0.1, 0.15) is 6.33 Å². The van der Waals surface area contributed by atoms with E-state index in [1.165, 1.54) is 6.33 Å². The summed E-state index contributed by atoms with van der Waals surface area (Å²) in [5.74, 6) is 0.454. The molecule has 2 heterocycles. The Hall–Kier alpha value is -1.69. The monoisotopic (exact) mass is 324 g/mol. The molecule has 0 fully saturated rings. The van der Waals surface area contributed by atoms with Gasteiger partial charge in [0.15, 0.2) is 0 Å². The number of halogens is 1. The molecule has 102 valence electrons. The summed E-state index contributed by atoms with van der Waals surface area (Å²) < 4.78 is 2.46. The van der Waals surface area contributed by atoms with E-state index in [1.807, 2.05) is 39.8 Å². The van der Waals surface area contributed by atoms with Crippen LogP contribution in [0.4, 0.5) is 0 Å². The predicted octanol–water partition coefficient (Wildman–Crippen LogP) is 3.39. The fourth-order valence-corrected chi connectivity index (χ4v) is 1.91. The number of aromatic nitrogens is 4. The number of nitrogens with one attached hydrogen (secondary N) is 1. The number of rotatable bonds is 0. The lowest BCUT2D eigenvalue weighted by Crippen LogP contribution is -2.10. The minimum Gasteiger partial charge on any atom is -0.290 e. The lowest BCUT2D eigenvalue weighted by Gasteiger charge is -1.99. The molecule has 0 bridgehead atoms. The van der Waals surface area contributed by atoms with Crippen LogP contribution in [0.3, 0.4) is 0 Å². The van der Waals surface area contributed by atoms with Gasteiger partial charge < -0.3 is 0 Å². The molecule has 0 aliphatic heterocycles. The number of fused-ring (bicyclic) bond motifs is 3. The van der Waals surface area contributed by atoms with Crippen molar-refractivity contribution < 1.29 is 0 Å². The summed E-state index contributed by atoms with van der Waals surface area (Å²) in [6, 6.07) is 5.45. The largest absolute Gasteiger partial charge is 0.290 e. The number of hydrogen-bond donors (Lipinski definition) is 1. The van der Waals surface area contributed by atoms with Gasteiger partial charge in [-0.1, -0.05) is 43.6 Å². The molecular weight excluding hydrogens is 308 g/mol. The summed E-state index contributed by atoms with van der Waals surface area (Å²) in [6.07, 6.45) is 1.41. The Morgan fingerprint density at radius 1 is 1.21 bits per heavy atom.